The number of morpholine rings is 1. The predicted octanol–water partition coefficient (Wildman–Crippen LogP) is 2.31. The van der Waals surface area contributed by atoms with E-state index < -0.39 is 0 Å². The quantitative estimate of drug-likeness (QED) is 0.754. The summed E-state index contributed by atoms with van der Waals surface area (Å²) >= 11 is 9.35. The van der Waals surface area contributed by atoms with Gasteiger partial charge in [-0.25, -0.2) is 9.97 Å². The van der Waals surface area contributed by atoms with E-state index in [-0.39, 0.29) is 0 Å². The zero-order valence-corrected chi connectivity index (χ0v) is 14.1. The number of fused-ring (bicyclic) bond motifs is 1. The molecule has 1 aliphatic heterocycles. The molecule has 0 aromatic carbocycles. The Morgan fingerprint density at radius 1 is 1.29 bits per heavy atom. The van der Waals surface area contributed by atoms with Crippen LogP contribution in [0.3, 0.4) is 0 Å². The van der Waals surface area contributed by atoms with Gasteiger partial charge in [0.2, 0.25) is 0 Å². The highest BCUT2D eigenvalue weighted by molar-refractivity contribution is 9.10. The second kappa shape index (κ2) is 7.05. The number of hydrogen-bond donors (Lipinski definition) is 0. The first kappa shape index (κ1) is 15.2. The number of imidazole rings is 1. The molecule has 0 amide bonds. The minimum absolute atomic E-state index is 0.571. The number of alkyl halides is 1. The number of ether oxygens (including phenoxy) is 1. The molecule has 0 N–H and O–H groups in total. The van der Waals surface area contributed by atoms with E-state index in [1.54, 1.807) is 0 Å². The Hall–Kier alpha value is -0.690. The van der Waals surface area contributed by atoms with Crippen LogP contribution >= 0.6 is 27.5 Å². The summed E-state index contributed by atoms with van der Waals surface area (Å²) in [6, 6.07) is 2.01. The molecule has 0 radical (unpaired) electrons. The third-order valence-electron chi connectivity index (χ3n) is 3.69. The lowest BCUT2D eigenvalue weighted by molar-refractivity contribution is 0.0364. The maximum Gasteiger partial charge on any atom is 0.160 e. The monoisotopic (exact) mass is 372 g/mol. The number of rotatable bonds is 5. The van der Waals surface area contributed by atoms with E-state index in [1.165, 1.54) is 0 Å². The lowest BCUT2D eigenvalue weighted by Crippen LogP contribution is -2.38. The largest absolute Gasteiger partial charge is 0.379 e. The van der Waals surface area contributed by atoms with E-state index in [9.17, 15) is 0 Å². The lowest BCUT2D eigenvalue weighted by Gasteiger charge is -2.26. The molecule has 1 fully saturated rings. The number of hydrogen-bond acceptors (Lipinski definition) is 4. The molecule has 0 spiro atoms. The highest BCUT2D eigenvalue weighted by atomic mass is 79.9. The maximum atomic E-state index is 5.91. The van der Waals surface area contributed by atoms with Gasteiger partial charge in [0.05, 0.1) is 13.2 Å². The second-order valence-electron chi connectivity index (χ2n) is 5.07. The summed E-state index contributed by atoms with van der Waals surface area (Å²) in [5, 5.41) is 0. The van der Waals surface area contributed by atoms with Gasteiger partial charge < -0.3 is 9.30 Å². The van der Waals surface area contributed by atoms with Crippen LogP contribution in [0.25, 0.3) is 11.2 Å². The first-order valence-electron chi connectivity index (χ1n) is 7.14. The first-order chi connectivity index (χ1) is 10.3. The predicted molar refractivity (Wildman–Crippen MR) is 86.9 cm³/mol. The van der Waals surface area contributed by atoms with Crippen LogP contribution in [0.15, 0.2) is 16.7 Å². The maximum absolute atomic E-state index is 5.91. The van der Waals surface area contributed by atoms with Crippen molar-refractivity contribution in [1.82, 2.24) is 19.4 Å². The van der Waals surface area contributed by atoms with Crippen molar-refractivity contribution < 1.29 is 4.74 Å². The van der Waals surface area contributed by atoms with Gasteiger partial charge in [0.1, 0.15) is 11.3 Å². The van der Waals surface area contributed by atoms with Gasteiger partial charge in [0, 0.05) is 49.1 Å². The van der Waals surface area contributed by atoms with E-state index in [0.717, 1.165) is 67.3 Å². The van der Waals surface area contributed by atoms with Crippen molar-refractivity contribution in [3.8, 4) is 0 Å². The fourth-order valence-electron chi connectivity index (χ4n) is 2.61. The first-order valence-corrected chi connectivity index (χ1v) is 8.47. The number of halogens is 2. The van der Waals surface area contributed by atoms with Gasteiger partial charge in [0.25, 0.3) is 0 Å². The molecule has 3 rings (SSSR count). The van der Waals surface area contributed by atoms with Gasteiger partial charge in [0.15, 0.2) is 5.65 Å². The van der Waals surface area contributed by atoms with Gasteiger partial charge >= 0.3 is 0 Å². The van der Waals surface area contributed by atoms with E-state index in [2.05, 4.69) is 35.4 Å². The Balaban J connectivity index is 1.82. The zero-order valence-electron chi connectivity index (χ0n) is 11.8. The molecule has 2 aromatic rings. The summed E-state index contributed by atoms with van der Waals surface area (Å²) in [5.41, 5.74) is 1.86. The van der Waals surface area contributed by atoms with Crippen LogP contribution in [0, 0.1) is 0 Å². The Morgan fingerprint density at radius 3 is 2.86 bits per heavy atom. The number of aromatic nitrogens is 3. The van der Waals surface area contributed by atoms with Gasteiger partial charge in [-0.05, 0) is 22.0 Å². The fraction of sp³-hybridized carbons (Fsp3) is 0.571. The van der Waals surface area contributed by atoms with Crippen LogP contribution in [-0.4, -0.2) is 58.2 Å². The van der Waals surface area contributed by atoms with Crippen molar-refractivity contribution in [1.29, 1.82) is 0 Å². The summed E-state index contributed by atoms with van der Waals surface area (Å²) in [4.78, 5) is 11.6. The van der Waals surface area contributed by atoms with Gasteiger partial charge in [-0.1, -0.05) is 0 Å². The molecule has 2 aromatic heterocycles. The van der Waals surface area contributed by atoms with Crippen LogP contribution in [0.1, 0.15) is 5.82 Å². The van der Waals surface area contributed by atoms with Crippen LogP contribution < -0.4 is 0 Å². The molecule has 0 aliphatic carbocycles. The molecule has 3 heterocycles. The van der Waals surface area contributed by atoms with Crippen LogP contribution in [0.4, 0.5) is 0 Å². The molecule has 1 aliphatic rings. The number of nitrogens with zero attached hydrogens (tertiary/aromatic N) is 4. The van der Waals surface area contributed by atoms with Gasteiger partial charge in [-0.2, -0.15) is 0 Å². The van der Waals surface area contributed by atoms with Crippen LogP contribution in [-0.2, 0) is 17.7 Å². The third-order valence-corrected chi connectivity index (χ3v) is 4.31. The summed E-state index contributed by atoms with van der Waals surface area (Å²) in [6.07, 6.45) is 2.58. The SMILES string of the molecule is ClCCc1nc2cc(Br)cnc2n1CCN1CCOCC1. The third kappa shape index (κ3) is 3.56. The minimum Gasteiger partial charge on any atom is -0.379 e. The van der Waals surface area contributed by atoms with Crippen molar-refractivity contribution >= 4 is 38.7 Å². The van der Waals surface area contributed by atoms with Crippen molar-refractivity contribution in [2.24, 2.45) is 0 Å². The number of pyridine rings is 1. The Labute approximate surface area is 137 Å². The van der Waals surface area contributed by atoms with Crippen molar-refractivity contribution in [2.75, 3.05) is 38.7 Å². The molecule has 7 heteroatoms. The van der Waals surface area contributed by atoms with E-state index in [4.69, 9.17) is 16.3 Å². The van der Waals surface area contributed by atoms with E-state index in [1.807, 2.05) is 12.3 Å². The van der Waals surface area contributed by atoms with Crippen molar-refractivity contribution in [2.45, 2.75) is 13.0 Å². The van der Waals surface area contributed by atoms with Crippen LogP contribution in [0.2, 0.25) is 0 Å². The van der Waals surface area contributed by atoms with Gasteiger partial charge in [-0.15, -0.1) is 11.6 Å². The Bertz CT molecular complexity index is 612. The minimum atomic E-state index is 0.571. The molecule has 21 heavy (non-hydrogen) atoms. The average molecular weight is 374 g/mol. The molecule has 114 valence electrons. The molecule has 0 bridgehead atoms. The molecule has 0 unspecified atom stereocenters. The van der Waals surface area contributed by atoms with Crippen molar-refractivity contribution in [3.63, 3.8) is 0 Å². The second-order valence-corrected chi connectivity index (χ2v) is 6.36. The molecular weight excluding hydrogens is 356 g/mol. The van der Waals surface area contributed by atoms with E-state index in [0.29, 0.717) is 5.88 Å². The molecule has 0 saturated carbocycles. The number of aryl methyl sites for hydroxylation is 1. The highest BCUT2D eigenvalue weighted by Gasteiger charge is 2.15. The summed E-state index contributed by atoms with van der Waals surface area (Å²) in [7, 11) is 0. The normalized spacial score (nSPS) is 16.7. The summed E-state index contributed by atoms with van der Waals surface area (Å²) in [5.74, 6) is 1.58. The smallest absolute Gasteiger partial charge is 0.160 e. The fourth-order valence-corrected chi connectivity index (χ4v) is 3.10. The van der Waals surface area contributed by atoms with Gasteiger partial charge in [-0.3, -0.25) is 4.90 Å². The lowest BCUT2D eigenvalue weighted by atomic mass is 10.4. The summed E-state index contributed by atoms with van der Waals surface area (Å²) < 4.78 is 8.53. The molecule has 5 nitrogen and oxygen atoms in total. The highest BCUT2D eigenvalue weighted by Crippen LogP contribution is 2.19. The molecule has 0 atom stereocenters. The van der Waals surface area contributed by atoms with Crippen LogP contribution in [0.5, 0.6) is 0 Å². The molecular formula is C14H18BrClN4O. The van der Waals surface area contributed by atoms with Crippen molar-refractivity contribution in [3.05, 3.63) is 22.6 Å². The van der Waals surface area contributed by atoms with E-state index >= 15 is 0 Å². The average Bonchev–Trinajstić information content (AvgIpc) is 2.83. The standard InChI is InChI=1S/C14H18BrClN4O/c15-11-9-12-14(17-10-11)20(13(18-12)1-2-16)4-3-19-5-7-21-8-6-19/h9-10H,1-8H2. The summed E-state index contributed by atoms with van der Waals surface area (Å²) in [6.45, 7) is 5.51. The molecule has 1 saturated heterocycles. The Morgan fingerprint density at radius 2 is 2.10 bits per heavy atom. The Kier molecular flexibility index (Phi) is 5.11. The topological polar surface area (TPSA) is 43.2 Å². The zero-order chi connectivity index (χ0) is 14.7.